The van der Waals surface area contributed by atoms with Crippen molar-refractivity contribution in [1.29, 1.82) is 0 Å². The molecule has 25 heavy (non-hydrogen) atoms. The molecular weight excluding hydrogens is 316 g/mol. The van der Waals surface area contributed by atoms with Crippen LogP contribution in [0.2, 0.25) is 0 Å². The Labute approximate surface area is 146 Å². The molecule has 0 atom stereocenters. The molecule has 0 aromatic carbocycles. The molecule has 1 saturated heterocycles. The fourth-order valence-electron chi connectivity index (χ4n) is 3.39. The minimum absolute atomic E-state index is 0.743. The highest BCUT2D eigenvalue weighted by Gasteiger charge is 2.23. The largest absolute Gasteiger partial charge is 0.353 e. The monoisotopic (exact) mass is 338 g/mol. The highest BCUT2D eigenvalue weighted by molar-refractivity contribution is 5.83. The van der Waals surface area contributed by atoms with Gasteiger partial charge in [-0.05, 0) is 20.8 Å². The van der Waals surface area contributed by atoms with Gasteiger partial charge < -0.3 is 14.4 Å². The Morgan fingerprint density at radius 1 is 0.840 bits per heavy atom. The van der Waals surface area contributed by atoms with Crippen LogP contribution in [0.15, 0.2) is 12.7 Å². The SMILES string of the molecule is Cc1nc(C)c(C)c(N2CCN(c3ncnc4ncn(C)c34)CC2)n1. The topological polar surface area (TPSA) is 75.9 Å². The number of aryl methyl sites for hydroxylation is 3. The molecule has 8 heteroatoms. The van der Waals surface area contributed by atoms with Crippen LogP contribution in [-0.4, -0.2) is 55.7 Å². The average Bonchev–Trinajstić information content (AvgIpc) is 3.00. The standard InChI is InChI=1S/C17H22N8/c1-11-12(2)21-13(3)22-16(11)24-5-7-25(8-6-24)17-14-15(18-9-19-17)20-10-23(14)4/h9-10H,5-8H2,1-4H3. The van der Waals surface area contributed by atoms with Gasteiger partial charge in [0.15, 0.2) is 11.5 Å². The van der Waals surface area contributed by atoms with Crippen molar-refractivity contribution in [2.75, 3.05) is 36.0 Å². The lowest BCUT2D eigenvalue weighted by Crippen LogP contribution is -2.47. The predicted molar refractivity (Wildman–Crippen MR) is 97.0 cm³/mol. The molecular formula is C17H22N8. The highest BCUT2D eigenvalue weighted by atomic mass is 15.3. The van der Waals surface area contributed by atoms with Crippen molar-refractivity contribution >= 4 is 22.8 Å². The normalized spacial score (nSPS) is 15.2. The van der Waals surface area contributed by atoms with Gasteiger partial charge in [-0.15, -0.1) is 0 Å². The maximum absolute atomic E-state index is 4.67. The van der Waals surface area contributed by atoms with Crippen LogP contribution in [0.25, 0.3) is 11.2 Å². The van der Waals surface area contributed by atoms with Crippen molar-refractivity contribution in [3.05, 3.63) is 29.7 Å². The maximum atomic E-state index is 4.67. The molecule has 0 unspecified atom stereocenters. The summed E-state index contributed by atoms with van der Waals surface area (Å²) in [4.78, 5) is 26.9. The van der Waals surface area contributed by atoms with Crippen molar-refractivity contribution in [3.8, 4) is 0 Å². The minimum Gasteiger partial charge on any atom is -0.353 e. The third kappa shape index (κ3) is 2.67. The molecule has 0 N–H and O–H groups in total. The molecule has 1 aliphatic rings. The molecule has 1 fully saturated rings. The second-order valence-corrected chi connectivity index (χ2v) is 6.50. The molecule has 0 aliphatic carbocycles. The zero-order chi connectivity index (χ0) is 17.6. The molecule has 0 saturated carbocycles. The third-order valence-electron chi connectivity index (χ3n) is 4.84. The molecule has 0 radical (unpaired) electrons. The summed E-state index contributed by atoms with van der Waals surface area (Å²) in [6, 6.07) is 0. The first kappa shape index (κ1) is 15.7. The summed E-state index contributed by atoms with van der Waals surface area (Å²) < 4.78 is 1.98. The summed E-state index contributed by atoms with van der Waals surface area (Å²) in [7, 11) is 1.98. The van der Waals surface area contributed by atoms with Crippen LogP contribution in [0.3, 0.4) is 0 Å². The van der Waals surface area contributed by atoms with Gasteiger partial charge in [0.05, 0.1) is 6.33 Å². The molecule has 0 spiro atoms. The molecule has 3 aromatic rings. The Kier molecular flexibility index (Phi) is 3.74. The number of nitrogens with zero attached hydrogens (tertiary/aromatic N) is 8. The highest BCUT2D eigenvalue weighted by Crippen LogP contribution is 2.25. The van der Waals surface area contributed by atoms with Crippen LogP contribution >= 0.6 is 0 Å². The number of hydrogen-bond donors (Lipinski definition) is 0. The van der Waals surface area contributed by atoms with E-state index in [0.29, 0.717) is 0 Å². The number of hydrogen-bond acceptors (Lipinski definition) is 7. The molecule has 4 rings (SSSR count). The Bertz CT molecular complexity index is 924. The van der Waals surface area contributed by atoms with Gasteiger partial charge in [-0.1, -0.05) is 0 Å². The molecule has 1 aliphatic heterocycles. The maximum Gasteiger partial charge on any atom is 0.182 e. The van der Waals surface area contributed by atoms with E-state index >= 15 is 0 Å². The summed E-state index contributed by atoms with van der Waals surface area (Å²) in [5.74, 6) is 2.84. The number of imidazole rings is 1. The summed E-state index contributed by atoms with van der Waals surface area (Å²) in [5, 5.41) is 0. The fraction of sp³-hybridized carbons (Fsp3) is 0.471. The fourth-order valence-corrected chi connectivity index (χ4v) is 3.39. The number of anilines is 2. The predicted octanol–water partition coefficient (Wildman–Crippen LogP) is 1.41. The quantitative estimate of drug-likeness (QED) is 0.699. The Morgan fingerprint density at radius 3 is 2.24 bits per heavy atom. The van der Waals surface area contributed by atoms with Gasteiger partial charge in [-0.25, -0.2) is 24.9 Å². The van der Waals surface area contributed by atoms with Crippen molar-refractivity contribution in [2.24, 2.45) is 7.05 Å². The molecule has 0 amide bonds. The number of aromatic nitrogens is 6. The van der Waals surface area contributed by atoms with E-state index in [2.05, 4.69) is 41.6 Å². The van der Waals surface area contributed by atoms with Gasteiger partial charge in [0.1, 0.15) is 23.5 Å². The van der Waals surface area contributed by atoms with Crippen molar-refractivity contribution in [3.63, 3.8) is 0 Å². The van der Waals surface area contributed by atoms with Crippen molar-refractivity contribution in [1.82, 2.24) is 29.5 Å². The second kappa shape index (κ2) is 5.94. The van der Waals surface area contributed by atoms with Gasteiger partial charge >= 0.3 is 0 Å². The van der Waals surface area contributed by atoms with Crippen LogP contribution in [0, 0.1) is 20.8 Å². The Balaban J connectivity index is 1.59. The zero-order valence-corrected chi connectivity index (χ0v) is 15.1. The molecule has 130 valence electrons. The first-order valence-electron chi connectivity index (χ1n) is 8.48. The molecule has 8 nitrogen and oxygen atoms in total. The lowest BCUT2D eigenvalue weighted by molar-refractivity contribution is 0.638. The molecule has 4 heterocycles. The van der Waals surface area contributed by atoms with E-state index in [-0.39, 0.29) is 0 Å². The van der Waals surface area contributed by atoms with Crippen LogP contribution < -0.4 is 9.80 Å². The molecule has 3 aromatic heterocycles. The van der Waals surface area contributed by atoms with E-state index in [9.17, 15) is 0 Å². The summed E-state index contributed by atoms with van der Waals surface area (Å²) >= 11 is 0. The average molecular weight is 338 g/mol. The van der Waals surface area contributed by atoms with Crippen molar-refractivity contribution in [2.45, 2.75) is 20.8 Å². The molecule has 0 bridgehead atoms. The number of rotatable bonds is 2. The first-order valence-corrected chi connectivity index (χ1v) is 8.48. The van der Waals surface area contributed by atoms with Gasteiger partial charge in [-0.3, -0.25) is 0 Å². The summed E-state index contributed by atoms with van der Waals surface area (Å²) in [6.45, 7) is 9.67. The Morgan fingerprint density at radius 2 is 1.52 bits per heavy atom. The lowest BCUT2D eigenvalue weighted by atomic mass is 10.2. The summed E-state index contributed by atoms with van der Waals surface area (Å²) in [6.07, 6.45) is 3.38. The van der Waals surface area contributed by atoms with Crippen LogP contribution in [0.4, 0.5) is 11.6 Å². The van der Waals surface area contributed by atoms with Crippen LogP contribution in [-0.2, 0) is 7.05 Å². The first-order chi connectivity index (χ1) is 12.0. The van der Waals surface area contributed by atoms with E-state index in [4.69, 9.17) is 0 Å². The van der Waals surface area contributed by atoms with Gasteiger partial charge in [0.2, 0.25) is 0 Å². The van der Waals surface area contributed by atoms with E-state index in [1.165, 1.54) is 0 Å². The minimum atomic E-state index is 0.743. The third-order valence-corrected chi connectivity index (χ3v) is 4.84. The van der Waals surface area contributed by atoms with Crippen LogP contribution in [0.1, 0.15) is 17.1 Å². The van der Waals surface area contributed by atoms with E-state index in [1.54, 1.807) is 12.7 Å². The van der Waals surface area contributed by atoms with Gasteiger partial charge in [-0.2, -0.15) is 0 Å². The van der Waals surface area contributed by atoms with E-state index < -0.39 is 0 Å². The Hall–Kier alpha value is -2.77. The van der Waals surface area contributed by atoms with Gasteiger partial charge in [0.25, 0.3) is 0 Å². The number of fused-ring (bicyclic) bond motifs is 1. The smallest absolute Gasteiger partial charge is 0.182 e. The van der Waals surface area contributed by atoms with Crippen LogP contribution in [0.5, 0.6) is 0 Å². The summed E-state index contributed by atoms with van der Waals surface area (Å²) in [5.41, 5.74) is 3.95. The number of piperazine rings is 1. The second-order valence-electron chi connectivity index (χ2n) is 6.50. The van der Waals surface area contributed by atoms with Crippen molar-refractivity contribution < 1.29 is 0 Å². The van der Waals surface area contributed by atoms with E-state index in [0.717, 1.165) is 66.1 Å². The van der Waals surface area contributed by atoms with Gasteiger partial charge in [0, 0.05) is 44.5 Å². The lowest BCUT2D eigenvalue weighted by Gasteiger charge is -2.37. The zero-order valence-electron chi connectivity index (χ0n) is 15.1. The van der Waals surface area contributed by atoms with E-state index in [1.807, 2.05) is 25.5 Å².